The van der Waals surface area contributed by atoms with Gasteiger partial charge in [0.15, 0.2) is 0 Å². The number of fused-ring (bicyclic) bond motifs is 1. The molecule has 1 aliphatic rings. The molecule has 4 heteroatoms. The third-order valence-corrected chi connectivity index (χ3v) is 4.50. The van der Waals surface area contributed by atoms with Crippen molar-refractivity contribution in [2.45, 2.75) is 18.8 Å². The molecule has 1 unspecified atom stereocenters. The van der Waals surface area contributed by atoms with E-state index in [4.69, 9.17) is 0 Å². The van der Waals surface area contributed by atoms with Gasteiger partial charge in [-0.1, -0.05) is 18.2 Å². The van der Waals surface area contributed by atoms with E-state index in [9.17, 15) is 9.59 Å². The number of carbonyl (C=O) groups excluding carboxylic acids is 2. The lowest BCUT2D eigenvalue weighted by Crippen LogP contribution is -2.26. The maximum absolute atomic E-state index is 11.7. The van der Waals surface area contributed by atoms with Crippen molar-refractivity contribution in [2.24, 2.45) is 0 Å². The van der Waals surface area contributed by atoms with Gasteiger partial charge in [-0.05, 0) is 24.4 Å². The number of carbonyl (C=O) groups is 2. The molecule has 0 bridgehead atoms. The molecule has 0 N–H and O–H groups in total. The van der Waals surface area contributed by atoms with E-state index in [1.807, 2.05) is 30.3 Å². The maximum atomic E-state index is 11.7. The lowest BCUT2D eigenvalue weighted by atomic mass is 9.87. The van der Waals surface area contributed by atoms with E-state index in [-0.39, 0.29) is 6.42 Å². The van der Waals surface area contributed by atoms with Gasteiger partial charge in [-0.3, -0.25) is 9.59 Å². The van der Waals surface area contributed by atoms with Crippen LogP contribution in [0, 0.1) is 0 Å². The first-order valence-electron chi connectivity index (χ1n) is 5.34. The molecule has 1 saturated heterocycles. The van der Waals surface area contributed by atoms with Crippen LogP contribution < -0.4 is 0 Å². The molecule has 3 nitrogen and oxygen atoms in total. The summed E-state index contributed by atoms with van der Waals surface area (Å²) in [5.74, 6) is -0.871. The van der Waals surface area contributed by atoms with Crippen LogP contribution >= 0.6 is 11.3 Å². The second-order valence-electron chi connectivity index (χ2n) is 4.42. The zero-order chi connectivity index (χ0) is 12.0. The minimum Gasteiger partial charge on any atom is -0.392 e. The average Bonchev–Trinajstić information content (AvgIpc) is 2.81. The second kappa shape index (κ2) is 3.40. The smallest absolute Gasteiger partial charge is 0.325 e. The first-order chi connectivity index (χ1) is 8.09. The van der Waals surface area contributed by atoms with Crippen molar-refractivity contribution in [3.05, 3.63) is 35.2 Å². The van der Waals surface area contributed by atoms with Crippen LogP contribution in [0.5, 0.6) is 0 Å². The minimum atomic E-state index is -0.805. The summed E-state index contributed by atoms with van der Waals surface area (Å²) >= 11 is 1.55. The summed E-state index contributed by atoms with van der Waals surface area (Å²) in [5, 5.41) is 1.10. The Morgan fingerprint density at radius 1 is 1.29 bits per heavy atom. The fraction of sp³-hybridized carbons (Fsp3) is 0.231. The summed E-state index contributed by atoms with van der Waals surface area (Å²) in [7, 11) is 0. The monoisotopic (exact) mass is 246 g/mol. The Kier molecular flexibility index (Phi) is 2.10. The number of hydrogen-bond acceptors (Lipinski definition) is 4. The van der Waals surface area contributed by atoms with Crippen LogP contribution in [0.4, 0.5) is 0 Å². The quantitative estimate of drug-likeness (QED) is 0.574. The summed E-state index contributed by atoms with van der Waals surface area (Å²) in [4.78, 5) is 23.9. The van der Waals surface area contributed by atoms with E-state index in [1.54, 1.807) is 18.3 Å². The molecule has 1 aromatic heterocycles. The van der Waals surface area contributed by atoms with Crippen LogP contribution in [0.2, 0.25) is 0 Å². The van der Waals surface area contributed by atoms with Gasteiger partial charge in [-0.15, -0.1) is 11.3 Å². The number of rotatable bonds is 1. The largest absolute Gasteiger partial charge is 0.392 e. The SMILES string of the molecule is CC1(c2cc3ccccc3s2)CC(=O)OC1=O. The van der Waals surface area contributed by atoms with E-state index < -0.39 is 17.4 Å². The van der Waals surface area contributed by atoms with Crippen LogP contribution in [0.1, 0.15) is 18.2 Å². The Bertz CT molecular complexity index is 595. The van der Waals surface area contributed by atoms with Gasteiger partial charge in [-0.2, -0.15) is 0 Å². The van der Waals surface area contributed by atoms with Crippen LogP contribution in [-0.2, 0) is 19.7 Å². The summed E-state index contributed by atoms with van der Waals surface area (Å²) < 4.78 is 5.78. The lowest BCUT2D eigenvalue weighted by Gasteiger charge is -2.14. The van der Waals surface area contributed by atoms with Gasteiger partial charge in [0.05, 0.1) is 6.42 Å². The first-order valence-corrected chi connectivity index (χ1v) is 6.15. The molecule has 2 aromatic rings. The standard InChI is InChI=1S/C13H10O3S/c1-13(7-11(14)16-12(13)15)10-6-8-4-2-3-5-9(8)17-10/h2-6H,7H2,1H3. The average molecular weight is 246 g/mol. The second-order valence-corrected chi connectivity index (χ2v) is 5.50. The molecule has 0 saturated carbocycles. The number of ether oxygens (including phenoxy) is 1. The maximum Gasteiger partial charge on any atom is 0.325 e. The molecule has 17 heavy (non-hydrogen) atoms. The summed E-state index contributed by atoms with van der Waals surface area (Å²) in [5.41, 5.74) is -0.805. The number of cyclic esters (lactones) is 2. The third kappa shape index (κ3) is 1.48. The van der Waals surface area contributed by atoms with Gasteiger partial charge in [0, 0.05) is 9.58 Å². The van der Waals surface area contributed by atoms with Gasteiger partial charge in [0.2, 0.25) is 0 Å². The van der Waals surface area contributed by atoms with Crippen LogP contribution in [0.3, 0.4) is 0 Å². The van der Waals surface area contributed by atoms with Gasteiger partial charge >= 0.3 is 11.9 Å². The Morgan fingerprint density at radius 3 is 2.71 bits per heavy atom. The van der Waals surface area contributed by atoms with Crippen molar-refractivity contribution in [1.82, 2.24) is 0 Å². The molecule has 1 atom stereocenters. The van der Waals surface area contributed by atoms with Crippen molar-refractivity contribution in [3.63, 3.8) is 0 Å². The molecule has 0 spiro atoms. The van der Waals surface area contributed by atoms with Crippen molar-refractivity contribution >= 4 is 33.4 Å². The van der Waals surface area contributed by atoms with Gasteiger partial charge in [0.25, 0.3) is 0 Å². The zero-order valence-electron chi connectivity index (χ0n) is 9.23. The molecule has 1 aromatic carbocycles. The summed E-state index contributed by atoms with van der Waals surface area (Å²) in [6.07, 6.45) is 0.138. The molecule has 0 amide bonds. The molecule has 0 radical (unpaired) electrons. The van der Waals surface area contributed by atoms with Crippen molar-refractivity contribution < 1.29 is 14.3 Å². The van der Waals surface area contributed by atoms with E-state index in [0.29, 0.717) is 0 Å². The molecular formula is C13H10O3S. The van der Waals surface area contributed by atoms with Crippen molar-refractivity contribution in [1.29, 1.82) is 0 Å². The number of thiophene rings is 1. The van der Waals surface area contributed by atoms with E-state index in [2.05, 4.69) is 4.74 Å². The molecule has 86 valence electrons. The Balaban J connectivity index is 2.15. The highest BCUT2D eigenvalue weighted by molar-refractivity contribution is 7.19. The number of benzene rings is 1. The molecule has 3 rings (SSSR count). The predicted octanol–water partition coefficient (Wildman–Crippen LogP) is 2.63. The highest BCUT2D eigenvalue weighted by atomic mass is 32.1. The normalized spacial score (nSPS) is 24.3. The van der Waals surface area contributed by atoms with Gasteiger partial charge < -0.3 is 4.74 Å². The van der Waals surface area contributed by atoms with Crippen molar-refractivity contribution in [3.8, 4) is 0 Å². The first kappa shape index (κ1) is 10.5. The molecule has 0 aliphatic carbocycles. The van der Waals surface area contributed by atoms with E-state index in [0.717, 1.165) is 15.0 Å². The number of hydrogen-bond donors (Lipinski definition) is 0. The zero-order valence-corrected chi connectivity index (χ0v) is 10.0. The van der Waals surface area contributed by atoms with Crippen LogP contribution in [0.15, 0.2) is 30.3 Å². The lowest BCUT2D eigenvalue weighted by molar-refractivity contribution is -0.153. The van der Waals surface area contributed by atoms with Gasteiger partial charge in [0.1, 0.15) is 5.41 Å². The van der Waals surface area contributed by atoms with Crippen LogP contribution in [0.25, 0.3) is 10.1 Å². The summed E-state index contributed by atoms with van der Waals surface area (Å²) in [6, 6.07) is 9.90. The Labute approximate surface area is 102 Å². The fourth-order valence-electron chi connectivity index (χ4n) is 2.05. The Morgan fingerprint density at radius 2 is 2.06 bits per heavy atom. The fourth-order valence-corrected chi connectivity index (χ4v) is 3.25. The van der Waals surface area contributed by atoms with E-state index >= 15 is 0 Å². The summed E-state index contributed by atoms with van der Waals surface area (Å²) in [6.45, 7) is 1.77. The van der Waals surface area contributed by atoms with Gasteiger partial charge in [-0.25, -0.2) is 0 Å². The van der Waals surface area contributed by atoms with Crippen LogP contribution in [-0.4, -0.2) is 11.9 Å². The topological polar surface area (TPSA) is 43.4 Å². The number of esters is 2. The predicted molar refractivity (Wildman–Crippen MR) is 64.9 cm³/mol. The van der Waals surface area contributed by atoms with Crippen molar-refractivity contribution in [2.75, 3.05) is 0 Å². The third-order valence-electron chi connectivity index (χ3n) is 3.12. The molecule has 1 aliphatic heterocycles. The highest BCUT2D eigenvalue weighted by Gasteiger charge is 2.47. The molecular weight excluding hydrogens is 236 g/mol. The molecule has 1 fully saturated rings. The van der Waals surface area contributed by atoms with E-state index in [1.165, 1.54) is 0 Å². The highest BCUT2D eigenvalue weighted by Crippen LogP contribution is 2.40. The minimum absolute atomic E-state index is 0.138. The molecule has 2 heterocycles. The Hall–Kier alpha value is -1.68.